The minimum absolute atomic E-state index is 0.0213. The van der Waals surface area contributed by atoms with Crippen molar-refractivity contribution in [3.05, 3.63) is 23.5 Å². The molecule has 1 heterocycles. The number of carbonyl (C=O) groups excluding carboxylic acids is 1. The monoisotopic (exact) mass is 267 g/mol. The second-order valence-electron chi connectivity index (χ2n) is 4.19. The molecule has 0 radical (unpaired) electrons. The summed E-state index contributed by atoms with van der Waals surface area (Å²) >= 11 is 1.80. The van der Waals surface area contributed by atoms with Crippen LogP contribution in [0.3, 0.4) is 0 Å². The van der Waals surface area contributed by atoms with Gasteiger partial charge in [0.1, 0.15) is 0 Å². The molecule has 18 heavy (non-hydrogen) atoms. The molecular weight excluding hydrogens is 246 g/mol. The first kappa shape index (κ1) is 14.8. The summed E-state index contributed by atoms with van der Waals surface area (Å²) in [5.41, 5.74) is 2.37. The Labute approximate surface area is 113 Å². The number of aromatic nitrogens is 1. The summed E-state index contributed by atoms with van der Waals surface area (Å²) in [7, 11) is 3.65. The van der Waals surface area contributed by atoms with Gasteiger partial charge < -0.3 is 10.2 Å². The second kappa shape index (κ2) is 7.26. The molecule has 0 aromatic carbocycles. The Balaban J connectivity index is 2.76. The van der Waals surface area contributed by atoms with E-state index < -0.39 is 0 Å². The molecule has 0 bridgehead atoms. The molecule has 0 unspecified atom stereocenters. The van der Waals surface area contributed by atoms with Crippen molar-refractivity contribution in [2.24, 2.45) is 0 Å². The maximum absolute atomic E-state index is 12.3. The van der Waals surface area contributed by atoms with Crippen LogP contribution in [0.2, 0.25) is 0 Å². The normalized spacial score (nSPS) is 10.2. The van der Waals surface area contributed by atoms with Gasteiger partial charge in [-0.15, -0.1) is 0 Å². The van der Waals surface area contributed by atoms with Crippen LogP contribution in [0.4, 0.5) is 5.69 Å². The summed E-state index contributed by atoms with van der Waals surface area (Å²) in [5.74, 6) is 1.09. The van der Waals surface area contributed by atoms with Crippen LogP contribution in [-0.4, -0.2) is 48.4 Å². The van der Waals surface area contributed by atoms with Gasteiger partial charge in [-0.25, -0.2) is 0 Å². The number of thioether (sulfide) groups is 1. The molecule has 1 N–H and O–H groups in total. The molecule has 1 rings (SSSR count). The van der Waals surface area contributed by atoms with Crippen LogP contribution in [0.15, 0.2) is 12.3 Å². The summed E-state index contributed by atoms with van der Waals surface area (Å²) < 4.78 is 0. The Morgan fingerprint density at radius 3 is 2.89 bits per heavy atom. The Morgan fingerprint density at radius 1 is 1.56 bits per heavy atom. The average Bonchev–Trinajstić information content (AvgIpc) is 2.37. The van der Waals surface area contributed by atoms with Gasteiger partial charge >= 0.3 is 0 Å². The van der Waals surface area contributed by atoms with Crippen LogP contribution >= 0.6 is 11.8 Å². The van der Waals surface area contributed by atoms with Crippen molar-refractivity contribution in [1.29, 1.82) is 0 Å². The van der Waals surface area contributed by atoms with E-state index in [1.807, 2.05) is 27.1 Å². The molecule has 0 aliphatic heterocycles. The van der Waals surface area contributed by atoms with Gasteiger partial charge in [-0.05, 0) is 31.4 Å². The zero-order valence-electron chi connectivity index (χ0n) is 11.5. The minimum Gasteiger partial charge on any atom is -0.387 e. The maximum Gasteiger partial charge on any atom is 0.257 e. The van der Waals surface area contributed by atoms with E-state index in [-0.39, 0.29) is 5.91 Å². The van der Waals surface area contributed by atoms with Crippen molar-refractivity contribution in [2.75, 3.05) is 38.0 Å². The van der Waals surface area contributed by atoms with E-state index in [0.717, 1.165) is 30.1 Å². The first-order chi connectivity index (χ1) is 8.60. The highest BCUT2D eigenvalue weighted by Crippen LogP contribution is 2.17. The van der Waals surface area contributed by atoms with E-state index >= 15 is 0 Å². The Hall–Kier alpha value is -1.23. The quantitative estimate of drug-likeness (QED) is 0.803. The fourth-order valence-electron chi connectivity index (χ4n) is 1.69. The van der Waals surface area contributed by atoms with Crippen LogP contribution in [-0.2, 0) is 0 Å². The molecule has 5 heteroatoms. The molecular formula is C13H21N3OS. The molecule has 0 atom stereocenters. The summed E-state index contributed by atoms with van der Waals surface area (Å²) in [6.45, 7) is 2.69. The predicted molar refractivity (Wildman–Crippen MR) is 78.5 cm³/mol. The number of aryl methyl sites for hydroxylation is 1. The molecule has 1 aromatic rings. The molecule has 0 spiro atoms. The SMILES string of the molecule is CNc1cc(C)ncc1C(=O)N(C)CCCSC. The number of hydrogen-bond donors (Lipinski definition) is 1. The third kappa shape index (κ3) is 3.91. The second-order valence-corrected chi connectivity index (χ2v) is 5.18. The number of carbonyl (C=O) groups is 1. The van der Waals surface area contributed by atoms with Crippen LogP contribution in [0.1, 0.15) is 22.5 Å². The van der Waals surface area contributed by atoms with Crippen LogP contribution < -0.4 is 5.32 Å². The van der Waals surface area contributed by atoms with Crippen molar-refractivity contribution in [2.45, 2.75) is 13.3 Å². The van der Waals surface area contributed by atoms with Crippen molar-refractivity contribution in [3.63, 3.8) is 0 Å². The number of pyridine rings is 1. The molecule has 0 saturated heterocycles. The van der Waals surface area contributed by atoms with Gasteiger partial charge in [0.2, 0.25) is 0 Å². The number of anilines is 1. The van der Waals surface area contributed by atoms with Gasteiger partial charge in [0.05, 0.1) is 11.3 Å². The van der Waals surface area contributed by atoms with Crippen molar-refractivity contribution >= 4 is 23.4 Å². The van der Waals surface area contributed by atoms with Crippen molar-refractivity contribution in [1.82, 2.24) is 9.88 Å². The lowest BCUT2D eigenvalue weighted by atomic mass is 10.2. The molecule has 0 fully saturated rings. The highest BCUT2D eigenvalue weighted by molar-refractivity contribution is 7.98. The summed E-state index contributed by atoms with van der Waals surface area (Å²) in [4.78, 5) is 18.2. The summed E-state index contributed by atoms with van der Waals surface area (Å²) in [6, 6.07) is 1.89. The maximum atomic E-state index is 12.3. The van der Waals surface area contributed by atoms with Gasteiger partial charge in [-0.2, -0.15) is 11.8 Å². The molecule has 0 aliphatic carbocycles. The summed E-state index contributed by atoms with van der Waals surface area (Å²) in [5, 5.41) is 3.05. The first-order valence-corrected chi connectivity index (χ1v) is 7.38. The number of hydrogen-bond acceptors (Lipinski definition) is 4. The number of rotatable bonds is 6. The van der Waals surface area contributed by atoms with Crippen LogP contribution in [0.5, 0.6) is 0 Å². The highest BCUT2D eigenvalue weighted by atomic mass is 32.2. The lowest BCUT2D eigenvalue weighted by Gasteiger charge is -2.18. The predicted octanol–water partition coefficient (Wildman–Crippen LogP) is 2.26. The van der Waals surface area contributed by atoms with E-state index in [2.05, 4.69) is 16.6 Å². The Kier molecular flexibility index (Phi) is 5.98. The lowest BCUT2D eigenvalue weighted by molar-refractivity contribution is 0.0796. The third-order valence-corrected chi connectivity index (χ3v) is 3.43. The Morgan fingerprint density at radius 2 is 2.28 bits per heavy atom. The number of nitrogens with one attached hydrogen (secondary N) is 1. The van der Waals surface area contributed by atoms with Gasteiger partial charge in [0.25, 0.3) is 5.91 Å². The van der Waals surface area contributed by atoms with E-state index in [0.29, 0.717) is 5.56 Å². The largest absolute Gasteiger partial charge is 0.387 e. The lowest BCUT2D eigenvalue weighted by Crippen LogP contribution is -2.28. The van der Waals surface area contributed by atoms with E-state index in [1.54, 1.807) is 22.9 Å². The molecule has 4 nitrogen and oxygen atoms in total. The molecule has 0 saturated carbocycles. The molecule has 1 aromatic heterocycles. The topological polar surface area (TPSA) is 45.2 Å². The van der Waals surface area contributed by atoms with Gasteiger partial charge in [0.15, 0.2) is 0 Å². The fraction of sp³-hybridized carbons (Fsp3) is 0.538. The standard InChI is InChI=1S/C13H21N3OS/c1-10-8-12(14-2)11(9-15-10)13(17)16(3)6-5-7-18-4/h8-9H,5-7H2,1-4H3,(H,14,15). The average molecular weight is 267 g/mol. The van der Waals surface area contributed by atoms with Gasteiger partial charge in [-0.1, -0.05) is 0 Å². The molecule has 0 aliphatic rings. The summed E-state index contributed by atoms with van der Waals surface area (Å²) in [6.07, 6.45) is 4.73. The zero-order chi connectivity index (χ0) is 13.5. The molecule has 100 valence electrons. The number of nitrogens with zero attached hydrogens (tertiary/aromatic N) is 2. The van der Waals surface area contributed by atoms with Gasteiger partial charge in [-0.3, -0.25) is 9.78 Å². The highest BCUT2D eigenvalue weighted by Gasteiger charge is 2.15. The van der Waals surface area contributed by atoms with Crippen molar-refractivity contribution < 1.29 is 4.79 Å². The van der Waals surface area contributed by atoms with Crippen LogP contribution in [0.25, 0.3) is 0 Å². The van der Waals surface area contributed by atoms with E-state index in [4.69, 9.17) is 0 Å². The third-order valence-electron chi connectivity index (χ3n) is 2.73. The Bertz CT molecular complexity index is 409. The minimum atomic E-state index is 0.0213. The van der Waals surface area contributed by atoms with Crippen molar-refractivity contribution in [3.8, 4) is 0 Å². The fourth-order valence-corrected chi connectivity index (χ4v) is 2.11. The first-order valence-electron chi connectivity index (χ1n) is 5.99. The smallest absolute Gasteiger partial charge is 0.257 e. The van der Waals surface area contributed by atoms with Crippen LogP contribution in [0, 0.1) is 6.92 Å². The molecule has 1 amide bonds. The van der Waals surface area contributed by atoms with E-state index in [1.165, 1.54) is 0 Å². The van der Waals surface area contributed by atoms with Gasteiger partial charge in [0, 0.05) is 32.5 Å². The van der Waals surface area contributed by atoms with E-state index in [9.17, 15) is 4.79 Å². The zero-order valence-corrected chi connectivity index (χ0v) is 12.3. The number of amides is 1.